The quantitative estimate of drug-likeness (QED) is 0.0344. The molecule has 0 rings (SSSR count). The van der Waals surface area contributed by atoms with E-state index in [2.05, 4.69) is 20.8 Å². The van der Waals surface area contributed by atoms with Gasteiger partial charge in [-0.05, 0) is 19.3 Å². The average molecular weight is 892 g/mol. The van der Waals surface area contributed by atoms with Crippen LogP contribution in [0.3, 0.4) is 0 Å². The highest BCUT2D eigenvalue weighted by molar-refractivity contribution is 5.71. The van der Waals surface area contributed by atoms with E-state index in [1.165, 1.54) is 231 Å². The third-order valence-electron chi connectivity index (χ3n) is 13.1. The molecule has 0 bridgehead atoms. The highest BCUT2D eigenvalue weighted by atomic mass is 16.6. The van der Waals surface area contributed by atoms with Crippen molar-refractivity contribution in [1.82, 2.24) is 0 Å². The Bertz CT molecular complexity index is 936. The molecule has 0 saturated carbocycles. The summed E-state index contributed by atoms with van der Waals surface area (Å²) in [6.07, 6.45) is 58.1. The monoisotopic (exact) mass is 891 g/mol. The summed E-state index contributed by atoms with van der Waals surface area (Å²) in [5, 5.41) is 0. The highest BCUT2D eigenvalue weighted by Gasteiger charge is 2.19. The number of ether oxygens (including phenoxy) is 3. The molecule has 0 aromatic carbocycles. The molecule has 0 fully saturated rings. The summed E-state index contributed by atoms with van der Waals surface area (Å²) in [5.74, 6) is -0.836. The van der Waals surface area contributed by atoms with Gasteiger partial charge in [0.1, 0.15) is 13.2 Å². The predicted molar refractivity (Wildman–Crippen MR) is 270 cm³/mol. The third kappa shape index (κ3) is 51.3. The van der Waals surface area contributed by atoms with Crippen LogP contribution >= 0.6 is 0 Å². The molecule has 63 heavy (non-hydrogen) atoms. The molecule has 0 heterocycles. The molecule has 0 aliphatic carbocycles. The second kappa shape index (κ2) is 53.0. The lowest BCUT2D eigenvalue weighted by Crippen LogP contribution is -2.30. The van der Waals surface area contributed by atoms with E-state index >= 15 is 0 Å². The van der Waals surface area contributed by atoms with E-state index in [9.17, 15) is 14.4 Å². The molecule has 6 nitrogen and oxygen atoms in total. The van der Waals surface area contributed by atoms with Gasteiger partial charge in [0.15, 0.2) is 6.10 Å². The Morgan fingerprint density at radius 3 is 0.635 bits per heavy atom. The van der Waals surface area contributed by atoms with Gasteiger partial charge in [0, 0.05) is 19.3 Å². The second-order valence-electron chi connectivity index (χ2n) is 19.6. The minimum atomic E-state index is -0.760. The van der Waals surface area contributed by atoms with E-state index in [4.69, 9.17) is 14.2 Å². The molecule has 0 N–H and O–H groups in total. The van der Waals surface area contributed by atoms with Gasteiger partial charge < -0.3 is 14.2 Å². The van der Waals surface area contributed by atoms with E-state index in [0.29, 0.717) is 19.3 Å². The van der Waals surface area contributed by atoms with Crippen molar-refractivity contribution in [3.63, 3.8) is 0 Å². The maximum absolute atomic E-state index is 12.8. The molecule has 0 amide bonds. The van der Waals surface area contributed by atoms with Crippen LogP contribution in [0, 0.1) is 0 Å². The molecule has 0 aromatic heterocycles. The molecule has 0 aliphatic heterocycles. The van der Waals surface area contributed by atoms with Gasteiger partial charge in [-0.1, -0.05) is 290 Å². The van der Waals surface area contributed by atoms with E-state index in [1.807, 2.05) is 0 Å². The zero-order valence-electron chi connectivity index (χ0n) is 42.9. The molecule has 0 unspecified atom stereocenters. The number of hydrogen-bond donors (Lipinski definition) is 0. The van der Waals surface area contributed by atoms with Crippen LogP contribution < -0.4 is 0 Å². The first-order chi connectivity index (χ1) is 31.0. The minimum Gasteiger partial charge on any atom is -0.462 e. The molecule has 0 aromatic rings. The van der Waals surface area contributed by atoms with Crippen molar-refractivity contribution in [2.45, 2.75) is 335 Å². The number of hydrogen-bond acceptors (Lipinski definition) is 6. The lowest BCUT2D eigenvalue weighted by atomic mass is 10.0. The maximum atomic E-state index is 12.8. The maximum Gasteiger partial charge on any atom is 0.306 e. The molecule has 0 spiro atoms. The van der Waals surface area contributed by atoms with Crippen molar-refractivity contribution in [1.29, 1.82) is 0 Å². The lowest BCUT2D eigenvalue weighted by Gasteiger charge is -2.18. The van der Waals surface area contributed by atoms with E-state index in [0.717, 1.165) is 57.8 Å². The lowest BCUT2D eigenvalue weighted by molar-refractivity contribution is -0.167. The van der Waals surface area contributed by atoms with Crippen LogP contribution in [0.15, 0.2) is 0 Å². The summed E-state index contributed by atoms with van der Waals surface area (Å²) < 4.78 is 16.9. The smallest absolute Gasteiger partial charge is 0.306 e. The molecule has 0 radical (unpaired) electrons. The Balaban J connectivity index is 4.23. The first-order valence-corrected chi connectivity index (χ1v) is 28.5. The molecule has 374 valence electrons. The van der Waals surface area contributed by atoms with Gasteiger partial charge in [-0.3, -0.25) is 14.4 Å². The molecule has 0 saturated heterocycles. The summed E-state index contributed by atoms with van der Waals surface area (Å²) in [4.78, 5) is 38.0. The van der Waals surface area contributed by atoms with Gasteiger partial charge in [-0.25, -0.2) is 0 Å². The van der Waals surface area contributed by atoms with Crippen LogP contribution in [0.2, 0.25) is 0 Å². The Morgan fingerprint density at radius 2 is 0.429 bits per heavy atom. The van der Waals surface area contributed by atoms with E-state index < -0.39 is 6.10 Å². The Labute approximate surface area is 393 Å². The van der Waals surface area contributed by atoms with Gasteiger partial charge in [-0.15, -0.1) is 0 Å². The van der Waals surface area contributed by atoms with Crippen molar-refractivity contribution in [3.05, 3.63) is 0 Å². The van der Waals surface area contributed by atoms with Gasteiger partial charge in [0.05, 0.1) is 0 Å². The van der Waals surface area contributed by atoms with Crippen molar-refractivity contribution in [3.8, 4) is 0 Å². The van der Waals surface area contributed by atoms with Crippen molar-refractivity contribution in [2.24, 2.45) is 0 Å². The van der Waals surface area contributed by atoms with E-state index in [1.54, 1.807) is 0 Å². The van der Waals surface area contributed by atoms with Crippen LogP contribution in [-0.2, 0) is 28.6 Å². The fraction of sp³-hybridized carbons (Fsp3) is 0.947. The van der Waals surface area contributed by atoms with Gasteiger partial charge in [0.2, 0.25) is 0 Å². The third-order valence-corrected chi connectivity index (χ3v) is 13.1. The summed E-state index contributed by atoms with van der Waals surface area (Å²) in [6.45, 7) is 6.69. The number of carbonyl (C=O) groups excluding carboxylic acids is 3. The van der Waals surface area contributed by atoms with Crippen molar-refractivity contribution in [2.75, 3.05) is 13.2 Å². The molecule has 1 atom stereocenters. The van der Waals surface area contributed by atoms with Crippen LogP contribution in [0.5, 0.6) is 0 Å². The number of esters is 3. The van der Waals surface area contributed by atoms with Crippen LogP contribution in [0.4, 0.5) is 0 Å². The first kappa shape index (κ1) is 61.4. The average Bonchev–Trinajstić information content (AvgIpc) is 3.28. The van der Waals surface area contributed by atoms with E-state index in [-0.39, 0.29) is 31.1 Å². The van der Waals surface area contributed by atoms with Crippen LogP contribution in [0.1, 0.15) is 329 Å². The number of rotatable bonds is 53. The summed E-state index contributed by atoms with van der Waals surface area (Å²) in [6, 6.07) is 0. The Hall–Kier alpha value is -1.59. The van der Waals surface area contributed by atoms with Gasteiger partial charge in [-0.2, -0.15) is 0 Å². The zero-order valence-corrected chi connectivity index (χ0v) is 42.9. The summed E-state index contributed by atoms with van der Waals surface area (Å²) in [7, 11) is 0. The standard InChI is InChI=1S/C57H110O6/c1-4-7-10-13-16-19-22-24-26-28-29-30-32-34-36-39-42-45-48-51-57(60)63-54(52-61-55(58)49-46-43-40-37-21-18-15-12-9-6-3)53-62-56(59)50-47-44-41-38-35-33-31-27-25-23-20-17-14-11-8-5-2/h54H,4-53H2,1-3H3/t54-/m0/s1. The molecular weight excluding hydrogens is 781 g/mol. The highest BCUT2D eigenvalue weighted by Crippen LogP contribution is 2.18. The van der Waals surface area contributed by atoms with Crippen molar-refractivity contribution >= 4 is 17.9 Å². The van der Waals surface area contributed by atoms with Gasteiger partial charge in [0.25, 0.3) is 0 Å². The minimum absolute atomic E-state index is 0.0613. The largest absolute Gasteiger partial charge is 0.462 e. The molecule has 6 heteroatoms. The topological polar surface area (TPSA) is 78.9 Å². The Morgan fingerprint density at radius 1 is 0.254 bits per heavy atom. The van der Waals surface area contributed by atoms with Gasteiger partial charge >= 0.3 is 17.9 Å². The predicted octanol–water partition coefficient (Wildman–Crippen LogP) is 18.8. The SMILES string of the molecule is CCCCCCCCCCCCCCCCCCCCCC(=O)O[C@@H](COC(=O)CCCCCCCCCCCC)COC(=O)CCCCCCCCCCCCCCCCCC. The summed E-state index contributed by atoms with van der Waals surface area (Å²) >= 11 is 0. The molecular formula is C57H110O6. The second-order valence-corrected chi connectivity index (χ2v) is 19.6. The fourth-order valence-corrected chi connectivity index (χ4v) is 8.80. The van der Waals surface area contributed by atoms with Crippen LogP contribution in [-0.4, -0.2) is 37.2 Å². The molecule has 0 aliphatic rings. The summed E-state index contributed by atoms with van der Waals surface area (Å²) in [5.41, 5.74) is 0. The van der Waals surface area contributed by atoms with Crippen molar-refractivity contribution < 1.29 is 28.6 Å². The normalized spacial score (nSPS) is 11.9. The number of unbranched alkanes of at least 4 members (excludes halogenated alkanes) is 42. The Kier molecular flexibility index (Phi) is 51.7. The first-order valence-electron chi connectivity index (χ1n) is 28.5. The number of carbonyl (C=O) groups is 3. The fourth-order valence-electron chi connectivity index (χ4n) is 8.80. The van der Waals surface area contributed by atoms with Crippen LogP contribution in [0.25, 0.3) is 0 Å². The zero-order chi connectivity index (χ0) is 45.8.